The number of nitrogens with zero attached hydrogens (tertiary/aromatic N) is 2. The highest BCUT2D eigenvalue weighted by Gasteiger charge is 2.12. The van der Waals surface area contributed by atoms with Crippen LogP contribution < -0.4 is 4.74 Å². The molecule has 7 heteroatoms. The van der Waals surface area contributed by atoms with Gasteiger partial charge in [-0.1, -0.05) is 0 Å². The molecule has 0 aliphatic carbocycles. The number of hydrogen-bond acceptors (Lipinski definition) is 4. The maximum atomic E-state index is 11.2. The van der Waals surface area contributed by atoms with Gasteiger partial charge in [0.1, 0.15) is 12.4 Å². The lowest BCUT2D eigenvalue weighted by atomic mass is 10.2. The third kappa shape index (κ3) is 3.48. The molecule has 5 nitrogen and oxygen atoms in total. The zero-order chi connectivity index (χ0) is 14.0. The molecule has 0 fully saturated rings. The Labute approximate surface area is 116 Å². The Morgan fingerprint density at radius 3 is 2.63 bits per heavy atom. The van der Waals surface area contributed by atoms with Crippen molar-refractivity contribution in [2.75, 3.05) is 0 Å². The lowest BCUT2D eigenvalue weighted by molar-refractivity contribution is 0.298. The van der Waals surface area contributed by atoms with Crippen LogP contribution in [0.5, 0.6) is 5.75 Å². The van der Waals surface area contributed by atoms with E-state index >= 15 is 0 Å². The molecule has 102 valence electrons. The first-order valence-electron chi connectivity index (χ1n) is 5.53. The lowest BCUT2D eigenvalue weighted by Crippen LogP contribution is -2.00. The molecular formula is C12H13ClN2O3S. The molecule has 0 saturated heterocycles. The molecule has 1 aromatic heterocycles. The first kappa shape index (κ1) is 13.9. The van der Waals surface area contributed by atoms with Gasteiger partial charge >= 0.3 is 0 Å². The molecule has 1 aromatic carbocycles. The molecule has 0 aliphatic rings. The van der Waals surface area contributed by atoms with Crippen LogP contribution in [-0.2, 0) is 22.7 Å². The molecule has 0 amide bonds. The van der Waals surface area contributed by atoms with Gasteiger partial charge in [0.05, 0.1) is 10.6 Å². The molecule has 19 heavy (non-hydrogen) atoms. The maximum Gasteiger partial charge on any atom is 0.261 e. The van der Waals surface area contributed by atoms with Crippen molar-refractivity contribution in [2.24, 2.45) is 7.05 Å². The van der Waals surface area contributed by atoms with E-state index in [-0.39, 0.29) is 4.90 Å². The summed E-state index contributed by atoms with van der Waals surface area (Å²) in [5.41, 5.74) is 1.51. The van der Waals surface area contributed by atoms with E-state index < -0.39 is 9.05 Å². The predicted molar refractivity (Wildman–Crippen MR) is 71.8 cm³/mol. The minimum absolute atomic E-state index is 0.0665. The van der Waals surface area contributed by atoms with E-state index in [4.69, 9.17) is 15.4 Å². The van der Waals surface area contributed by atoms with Crippen LogP contribution in [0.4, 0.5) is 0 Å². The number of aromatic nitrogens is 2. The van der Waals surface area contributed by atoms with Crippen LogP contribution in [-0.4, -0.2) is 18.2 Å². The SMILES string of the molecule is Cc1cc(S(=O)(=O)Cl)ccc1OCc1ccn(C)n1. The molecule has 0 radical (unpaired) electrons. The predicted octanol–water partition coefficient (Wildman–Crippen LogP) is 2.24. The van der Waals surface area contributed by atoms with Crippen LogP contribution in [0.1, 0.15) is 11.3 Å². The van der Waals surface area contributed by atoms with Gasteiger partial charge in [0.25, 0.3) is 9.05 Å². The van der Waals surface area contributed by atoms with Crippen molar-refractivity contribution in [3.8, 4) is 5.75 Å². The van der Waals surface area contributed by atoms with Gasteiger partial charge in [-0.25, -0.2) is 8.42 Å². The summed E-state index contributed by atoms with van der Waals surface area (Å²) >= 11 is 0. The van der Waals surface area contributed by atoms with Gasteiger partial charge in [0.2, 0.25) is 0 Å². The second kappa shape index (κ2) is 5.22. The molecule has 0 saturated carbocycles. The van der Waals surface area contributed by atoms with Crippen molar-refractivity contribution >= 4 is 19.7 Å². The highest BCUT2D eigenvalue weighted by atomic mass is 35.7. The summed E-state index contributed by atoms with van der Waals surface area (Å²) in [5.74, 6) is 0.606. The number of benzene rings is 1. The summed E-state index contributed by atoms with van der Waals surface area (Å²) in [5, 5.41) is 4.19. The molecule has 2 rings (SSSR count). The first-order chi connectivity index (χ1) is 8.86. The van der Waals surface area contributed by atoms with Gasteiger partial charge in [0, 0.05) is 23.9 Å². The quantitative estimate of drug-likeness (QED) is 0.812. The molecule has 0 atom stereocenters. The number of hydrogen-bond donors (Lipinski definition) is 0. The van der Waals surface area contributed by atoms with E-state index in [2.05, 4.69) is 5.10 Å². The van der Waals surface area contributed by atoms with E-state index in [0.29, 0.717) is 17.9 Å². The van der Waals surface area contributed by atoms with Gasteiger partial charge < -0.3 is 4.74 Å². The van der Waals surface area contributed by atoms with Crippen molar-refractivity contribution in [1.82, 2.24) is 9.78 Å². The van der Waals surface area contributed by atoms with Crippen LogP contribution in [0.25, 0.3) is 0 Å². The zero-order valence-corrected chi connectivity index (χ0v) is 12.1. The van der Waals surface area contributed by atoms with E-state index in [0.717, 1.165) is 5.69 Å². The summed E-state index contributed by atoms with van der Waals surface area (Å²) < 4.78 is 29.7. The van der Waals surface area contributed by atoms with Gasteiger partial charge in [0.15, 0.2) is 0 Å². The average Bonchev–Trinajstić information content (AvgIpc) is 2.72. The largest absolute Gasteiger partial charge is 0.487 e. The van der Waals surface area contributed by atoms with E-state index in [9.17, 15) is 8.42 Å². The van der Waals surface area contributed by atoms with Crippen LogP contribution >= 0.6 is 10.7 Å². The first-order valence-corrected chi connectivity index (χ1v) is 7.84. The zero-order valence-electron chi connectivity index (χ0n) is 10.5. The molecule has 0 aliphatic heterocycles. The maximum absolute atomic E-state index is 11.2. The van der Waals surface area contributed by atoms with Gasteiger partial charge in [-0.3, -0.25) is 4.68 Å². The average molecular weight is 301 g/mol. The number of rotatable bonds is 4. The van der Waals surface area contributed by atoms with Gasteiger partial charge in [-0.15, -0.1) is 0 Å². The van der Waals surface area contributed by atoms with Crippen molar-refractivity contribution in [3.05, 3.63) is 41.7 Å². The fourth-order valence-electron chi connectivity index (χ4n) is 1.63. The third-order valence-electron chi connectivity index (χ3n) is 2.57. The lowest BCUT2D eigenvalue weighted by Gasteiger charge is -2.08. The van der Waals surface area contributed by atoms with Crippen molar-refractivity contribution in [3.63, 3.8) is 0 Å². The highest BCUT2D eigenvalue weighted by molar-refractivity contribution is 8.13. The molecular weight excluding hydrogens is 288 g/mol. The standard InChI is InChI=1S/C12H13ClN2O3S/c1-9-7-11(19(13,16)17)3-4-12(9)18-8-10-5-6-15(2)14-10/h3-7H,8H2,1-2H3. The molecule has 2 aromatic rings. The normalized spacial score (nSPS) is 11.5. The van der Waals surface area contributed by atoms with Crippen LogP contribution in [0.3, 0.4) is 0 Å². The van der Waals surface area contributed by atoms with Crippen molar-refractivity contribution < 1.29 is 13.2 Å². The molecule has 0 bridgehead atoms. The second-order valence-electron chi connectivity index (χ2n) is 4.13. The van der Waals surface area contributed by atoms with Crippen LogP contribution in [0.2, 0.25) is 0 Å². The fourth-order valence-corrected chi connectivity index (χ4v) is 2.46. The second-order valence-corrected chi connectivity index (χ2v) is 6.70. The summed E-state index contributed by atoms with van der Waals surface area (Å²) in [6.45, 7) is 2.09. The Balaban J connectivity index is 2.14. The number of aryl methyl sites for hydroxylation is 2. The Morgan fingerprint density at radius 1 is 1.37 bits per heavy atom. The fraction of sp³-hybridized carbons (Fsp3) is 0.250. The molecule has 1 heterocycles. The number of halogens is 1. The minimum atomic E-state index is -3.70. The Bertz CT molecular complexity index is 695. The van der Waals surface area contributed by atoms with Gasteiger partial charge in [-0.2, -0.15) is 5.10 Å². The van der Waals surface area contributed by atoms with Crippen molar-refractivity contribution in [2.45, 2.75) is 18.4 Å². The van der Waals surface area contributed by atoms with Crippen LogP contribution in [0.15, 0.2) is 35.4 Å². The van der Waals surface area contributed by atoms with E-state index in [1.165, 1.54) is 12.1 Å². The van der Waals surface area contributed by atoms with Crippen molar-refractivity contribution in [1.29, 1.82) is 0 Å². The Morgan fingerprint density at radius 2 is 2.11 bits per heavy atom. The van der Waals surface area contributed by atoms with Gasteiger partial charge in [-0.05, 0) is 36.8 Å². The molecule has 0 unspecified atom stereocenters. The Kier molecular flexibility index (Phi) is 3.82. The number of ether oxygens (including phenoxy) is 1. The van der Waals surface area contributed by atoms with E-state index in [1.54, 1.807) is 17.7 Å². The highest BCUT2D eigenvalue weighted by Crippen LogP contribution is 2.24. The monoisotopic (exact) mass is 300 g/mol. The molecule has 0 spiro atoms. The van der Waals surface area contributed by atoms with E-state index in [1.807, 2.05) is 19.3 Å². The minimum Gasteiger partial charge on any atom is -0.487 e. The summed E-state index contributed by atoms with van der Waals surface area (Å²) in [6, 6.07) is 6.35. The summed E-state index contributed by atoms with van der Waals surface area (Å²) in [7, 11) is 3.40. The smallest absolute Gasteiger partial charge is 0.261 e. The summed E-state index contributed by atoms with van der Waals surface area (Å²) in [6.07, 6.45) is 1.83. The molecule has 0 N–H and O–H groups in total. The Hall–Kier alpha value is -1.53. The summed E-state index contributed by atoms with van der Waals surface area (Å²) in [4.78, 5) is 0.0665. The van der Waals surface area contributed by atoms with Crippen LogP contribution in [0, 0.1) is 6.92 Å². The topological polar surface area (TPSA) is 61.2 Å². The third-order valence-corrected chi connectivity index (χ3v) is 3.92.